The largest absolute Gasteiger partial charge is 0.327 e. The Morgan fingerprint density at radius 3 is 2.70 bits per heavy atom. The van der Waals surface area contributed by atoms with Gasteiger partial charge in [-0.05, 0) is 32.4 Å². The lowest BCUT2D eigenvalue weighted by atomic mass is 10.1. The number of aryl methyl sites for hydroxylation is 2. The van der Waals surface area contributed by atoms with Crippen LogP contribution >= 0.6 is 11.3 Å². The van der Waals surface area contributed by atoms with Gasteiger partial charge < -0.3 is 5.73 Å². The summed E-state index contributed by atoms with van der Waals surface area (Å²) in [5.74, 6) is 0. The predicted molar refractivity (Wildman–Crippen MR) is 85.9 cm³/mol. The standard InChI is InChI=1S/C16H23N3S/c1-13-18-16(12-20-13)11-19(2)10-15(17)9-8-14-6-4-3-5-7-14/h3-7,12,15H,8-11,17H2,1-2H3. The van der Waals surface area contributed by atoms with Gasteiger partial charge in [0.05, 0.1) is 10.7 Å². The number of rotatable bonds is 7. The van der Waals surface area contributed by atoms with E-state index in [2.05, 4.69) is 46.6 Å². The van der Waals surface area contributed by atoms with Crippen molar-refractivity contribution in [2.75, 3.05) is 13.6 Å². The molecule has 1 aromatic heterocycles. The van der Waals surface area contributed by atoms with Crippen LogP contribution in [0, 0.1) is 6.92 Å². The molecule has 1 unspecified atom stereocenters. The summed E-state index contributed by atoms with van der Waals surface area (Å²) in [5.41, 5.74) is 8.73. The molecule has 0 bridgehead atoms. The van der Waals surface area contributed by atoms with Crippen LogP contribution in [0.2, 0.25) is 0 Å². The molecule has 1 heterocycles. The fraction of sp³-hybridized carbons (Fsp3) is 0.438. The molecule has 2 aromatic rings. The molecule has 0 saturated carbocycles. The predicted octanol–water partition coefficient (Wildman–Crippen LogP) is 2.84. The zero-order valence-electron chi connectivity index (χ0n) is 12.2. The molecule has 20 heavy (non-hydrogen) atoms. The summed E-state index contributed by atoms with van der Waals surface area (Å²) < 4.78 is 0. The minimum atomic E-state index is 0.208. The number of nitrogens with two attached hydrogens (primary N) is 1. The molecule has 4 heteroatoms. The molecule has 0 aliphatic heterocycles. The van der Waals surface area contributed by atoms with Gasteiger partial charge in [-0.25, -0.2) is 4.98 Å². The second-order valence-electron chi connectivity index (χ2n) is 5.34. The minimum absolute atomic E-state index is 0.208. The fourth-order valence-electron chi connectivity index (χ4n) is 2.31. The Bertz CT molecular complexity index is 509. The third kappa shape index (κ3) is 5.04. The first-order chi connectivity index (χ1) is 9.63. The second-order valence-corrected chi connectivity index (χ2v) is 6.40. The Kier molecular flexibility index (Phi) is 5.71. The topological polar surface area (TPSA) is 42.2 Å². The van der Waals surface area contributed by atoms with E-state index in [1.807, 2.05) is 13.0 Å². The van der Waals surface area contributed by atoms with Gasteiger partial charge in [0.25, 0.3) is 0 Å². The summed E-state index contributed by atoms with van der Waals surface area (Å²) in [4.78, 5) is 6.74. The Labute approximate surface area is 125 Å². The number of aromatic nitrogens is 1. The number of benzene rings is 1. The minimum Gasteiger partial charge on any atom is -0.327 e. The summed E-state index contributed by atoms with van der Waals surface area (Å²) >= 11 is 1.70. The normalized spacial score (nSPS) is 12.8. The Balaban J connectivity index is 1.72. The third-order valence-corrected chi connectivity index (χ3v) is 4.11. The molecule has 0 fully saturated rings. The Morgan fingerprint density at radius 1 is 1.30 bits per heavy atom. The van der Waals surface area contributed by atoms with Crippen molar-refractivity contribution in [3.63, 3.8) is 0 Å². The van der Waals surface area contributed by atoms with Crippen molar-refractivity contribution < 1.29 is 0 Å². The summed E-state index contributed by atoms with van der Waals surface area (Å²) in [6.07, 6.45) is 2.07. The van der Waals surface area contributed by atoms with Crippen LogP contribution < -0.4 is 5.73 Å². The van der Waals surface area contributed by atoms with Crippen LogP contribution in [0.5, 0.6) is 0 Å². The third-order valence-electron chi connectivity index (χ3n) is 3.29. The Hall–Kier alpha value is -1.23. The maximum absolute atomic E-state index is 6.22. The maximum Gasteiger partial charge on any atom is 0.0897 e. The number of hydrogen-bond donors (Lipinski definition) is 1. The lowest BCUT2D eigenvalue weighted by Crippen LogP contribution is -2.35. The van der Waals surface area contributed by atoms with E-state index in [1.165, 1.54) is 5.56 Å². The van der Waals surface area contributed by atoms with Gasteiger partial charge in [-0.3, -0.25) is 4.90 Å². The lowest BCUT2D eigenvalue weighted by molar-refractivity contribution is 0.295. The lowest BCUT2D eigenvalue weighted by Gasteiger charge is -2.20. The molecule has 0 spiro atoms. The van der Waals surface area contributed by atoms with Gasteiger partial charge in [0.1, 0.15) is 0 Å². The van der Waals surface area contributed by atoms with Gasteiger partial charge in [0.15, 0.2) is 0 Å². The van der Waals surface area contributed by atoms with E-state index >= 15 is 0 Å². The Morgan fingerprint density at radius 2 is 2.05 bits per heavy atom. The van der Waals surface area contributed by atoms with Gasteiger partial charge in [0.2, 0.25) is 0 Å². The molecular formula is C16H23N3S. The first-order valence-electron chi connectivity index (χ1n) is 7.02. The molecule has 3 nitrogen and oxygen atoms in total. The van der Waals surface area contributed by atoms with E-state index in [-0.39, 0.29) is 6.04 Å². The molecule has 0 aliphatic rings. The van der Waals surface area contributed by atoms with E-state index < -0.39 is 0 Å². The van der Waals surface area contributed by atoms with Crippen molar-refractivity contribution in [3.05, 3.63) is 52.0 Å². The van der Waals surface area contributed by atoms with Crippen LogP contribution in [0.3, 0.4) is 0 Å². The number of hydrogen-bond acceptors (Lipinski definition) is 4. The number of thiazole rings is 1. The highest BCUT2D eigenvalue weighted by Gasteiger charge is 2.09. The van der Waals surface area contributed by atoms with Gasteiger partial charge in [-0.1, -0.05) is 30.3 Å². The summed E-state index contributed by atoms with van der Waals surface area (Å²) in [6, 6.07) is 10.7. The van der Waals surface area contributed by atoms with E-state index in [0.29, 0.717) is 0 Å². The van der Waals surface area contributed by atoms with Crippen LogP contribution in [0.1, 0.15) is 22.7 Å². The molecule has 0 saturated heterocycles. The molecule has 1 atom stereocenters. The van der Waals surface area contributed by atoms with Crippen LogP contribution in [0.15, 0.2) is 35.7 Å². The van der Waals surface area contributed by atoms with Crippen LogP contribution in [-0.2, 0) is 13.0 Å². The average Bonchev–Trinajstić information content (AvgIpc) is 2.83. The first kappa shape index (κ1) is 15.2. The van der Waals surface area contributed by atoms with Gasteiger partial charge in [-0.15, -0.1) is 11.3 Å². The molecule has 2 rings (SSSR count). The quantitative estimate of drug-likeness (QED) is 0.852. The second kappa shape index (κ2) is 7.53. The molecular weight excluding hydrogens is 266 g/mol. The van der Waals surface area contributed by atoms with Gasteiger partial charge in [0, 0.05) is 24.5 Å². The van der Waals surface area contributed by atoms with E-state index in [1.54, 1.807) is 11.3 Å². The van der Waals surface area contributed by atoms with E-state index in [9.17, 15) is 0 Å². The SMILES string of the molecule is Cc1nc(CN(C)CC(N)CCc2ccccc2)cs1. The first-order valence-corrected chi connectivity index (χ1v) is 7.90. The molecule has 108 valence electrons. The van der Waals surface area contributed by atoms with Crippen molar-refractivity contribution in [1.29, 1.82) is 0 Å². The molecule has 0 aliphatic carbocycles. The van der Waals surface area contributed by atoms with Crippen LogP contribution in [0.4, 0.5) is 0 Å². The van der Waals surface area contributed by atoms with Gasteiger partial charge >= 0.3 is 0 Å². The van der Waals surface area contributed by atoms with Crippen molar-refractivity contribution in [3.8, 4) is 0 Å². The van der Waals surface area contributed by atoms with E-state index in [0.717, 1.165) is 36.6 Å². The fourth-order valence-corrected chi connectivity index (χ4v) is 2.91. The zero-order valence-corrected chi connectivity index (χ0v) is 13.1. The summed E-state index contributed by atoms with van der Waals surface area (Å²) in [6.45, 7) is 3.83. The summed E-state index contributed by atoms with van der Waals surface area (Å²) in [7, 11) is 2.11. The highest BCUT2D eigenvalue weighted by molar-refractivity contribution is 7.09. The highest BCUT2D eigenvalue weighted by atomic mass is 32.1. The maximum atomic E-state index is 6.22. The summed E-state index contributed by atoms with van der Waals surface area (Å²) in [5, 5.41) is 3.25. The van der Waals surface area contributed by atoms with Crippen molar-refractivity contribution >= 4 is 11.3 Å². The van der Waals surface area contributed by atoms with E-state index in [4.69, 9.17) is 5.73 Å². The van der Waals surface area contributed by atoms with Gasteiger partial charge in [-0.2, -0.15) is 0 Å². The molecule has 1 aromatic carbocycles. The van der Waals surface area contributed by atoms with Crippen molar-refractivity contribution in [1.82, 2.24) is 9.88 Å². The van der Waals surface area contributed by atoms with Crippen molar-refractivity contribution in [2.45, 2.75) is 32.4 Å². The smallest absolute Gasteiger partial charge is 0.0897 e. The monoisotopic (exact) mass is 289 g/mol. The number of nitrogens with zero attached hydrogens (tertiary/aromatic N) is 2. The van der Waals surface area contributed by atoms with Crippen LogP contribution in [-0.4, -0.2) is 29.5 Å². The zero-order chi connectivity index (χ0) is 14.4. The molecule has 2 N–H and O–H groups in total. The van der Waals surface area contributed by atoms with Crippen molar-refractivity contribution in [2.24, 2.45) is 5.73 Å². The highest BCUT2D eigenvalue weighted by Crippen LogP contribution is 2.10. The van der Waals surface area contributed by atoms with Crippen LogP contribution in [0.25, 0.3) is 0 Å². The number of likely N-dealkylation sites (N-methyl/N-ethyl adjacent to an activating group) is 1. The molecule has 0 radical (unpaired) electrons. The molecule has 0 amide bonds. The average molecular weight is 289 g/mol.